The molecule has 4 rings (SSSR count). The first kappa shape index (κ1) is 29.5. The van der Waals surface area contributed by atoms with E-state index in [0.717, 1.165) is 29.7 Å². The van der Waals surface area contributed by atoms with Crippen LogP contribution in [0.2, 0.25) is 0 Å². The van der Waals surface area contributed by atoms with Crippen molar-refractivity contribution in [2.75, 3.05) is 25.2 Å². The predicted octanol–water partition coefficient (Wildman–Crippen LogP) is 6.00. The summed E-state index contributed by atoms with van der Waals surface area (Å²) in [7, 11) is 1.26. The van der Waals surface area contributed by atoms with Crippen LogP contribution in [-0.4, -0.2) is 48.1 Å². The number of hydrogen-bond acceptors (Lipinski definition) is 9. The van der Waals surface area contributed by atoms with E-state index in [1.807, 2.05) is 37.3 Å². The van der Waals surface area contributed by atoms with Crippen molar-refractivity contribution >= 4 is 40.2 Å². The molecule has 0 fully saturated rings. The molecule has 3 aromatic rings. The van der Waals surface area contributed by atoms with Gasteiger partial charge in [0.25, 0.3) is 5.91 Å². The van der Waals surface area contributed by atoms with E-state index in [1.54, 1.807) is 31.2 Å². The van der Waals surface area contributed by atoms with Crippen molar-refractivity contribution in [2.45, 2.75) is 39.7 Å². The fourth-order valence-electron chi connectivity index (χ4n) is 4.37. The summed E-state index contributed by atoms with van der Waals surface area (Å²) in [6.07, 6.45) is 4.77. The molecule has 214 valence electrons. The lowest BCUT2D eigenvalue weighted by Gasteiger charge is -2.25. The zero-order valence-electron chi connectivity index (χ0n) is 23.4. The zero-order chi connectivity index (χ0) is 29.5. The van der Waals surface area contributed by atoms with E-state index >= 15 is 0 Å². The van der Waals surface area contributed by atoms with Crippen LogP contribution in [0.15, 0.2) is 65.9 Å². The lowest BCUT2D eigenvalue weighted by Crippen LogP contribution is -2.31. The molecule has 0 bridgehead atoms. The summed E-state index contributed by atoms with van der Waals surface area (Å²) in [4.78, 5) is 45.3. The first-order valence-electron chi connectivity index (χ1n) is 13.3. The fourth-order valence-corrected chi connectivity index (χ4v) is 5.38. The molecule has 2 aromatic carbocycles. The summed E-state index contributed by atoms with van der Waals surface area (Å²) in [5.41, 5.74) is 1.53. The van der Waals surface area contributed by atoms with E-state index in [2.05, 4.69) is 11.9 Å². The van der Waals surface area contributed by atoms with Gasteiger partial charge >= 0.3 is 5.97 Å². The highest BCUT2D eigenvalue weighted by Crippen LogP contribution is 2.45. The average molecular weight is 577 g/mol. The number of aliphatic hydroxyl groups excluding tert-OH is 1. The van der Waals surface area contributed by atoms with Crippen LogP contribution in [0.3, 0.4) is 0 Å². The van der Waals surface area contributed by atoms with E-state index in [9.17, 15) is 19.5 Å². The number of benzene rings is 2. The average Bonchev–Trinajstić information content (AvgIpc) is 3.49. The van der Waals surface area contributed by atoms with Crippen LogP contribution in [0.5, 0.6) is 11.5 Å². The number of nitrogens with zero attached hydrogens (tertiary/aromatic N) is 2. The molecule has 1 atom stereocenters. The van der Waals surface area contributed by atoms with Crippen LogP contribution in [0.1, 0.15) is 59.2 Å². The molecule has 1 N–H and O–H groups in total. The van der Waals surface area contributed by atoms with E-state index in [-0.39, 0.29) is 15.6 Å². The van der Waals surface area contributed by atoms with Crippen LogP contribution in [0.4, 0.5) is 5.13 Å². The SMILES string of the molecule is CCCCOc1ccc(C2C(C(=O)/C=C/c3ccccc3)=C(O)C(=O)N2c2nc(C)c(C(=O)OC)s2)cc1OCC. The Labute approximate surface area is 242 Å². The summed E-state index contributed by atoms with van der Waals surface area (Å²) in [6, 6.07) is 13.3. The van der Waals surface area contributed by atoms with Gasteiger partial charge in [-0.1, -0.05) is 67.2 Å². The Morgan fingerprint density at radius 2 is 1.85 bits per heavy atom. The second-order valence-corrected chi connectivity index (χ2v) is 10.2. The third-order valence-electron chi connectivity index (χ3n) is 6.40. The van der Waals surface area contributed by atoms with Crippen LogP contribution in [0, 0.1) is 6.92 Å². The van der Waals surface area contributed by atoms with Crippen molar-refractivity contribution in [1.29, 1.82) is 0 Å². The molecule has 1 aliphatic rings. The number of aromatic nitrogens is 1. The van der Waals surface area contributed by atoms with Crippen molar-refractivity contribution in [3.05, 3.63) is 87.6 Å². The molecule has 2 heterocycles. The van der Waals surface area contributed by atoms with Crippen molar-refractivity contribution in [1.82, 2.24) is 4.98 Å². The molecule has 0 saturated heterocycles. The van der Waals surface area contributed by atoms with Gasteiger partial charge in [0.15, 0.2) is 28.2 Å². The summed E-state index contributed by atoms with van der Waals surface area (Å²) in [5.74, 6) is -1.67. The number of ketones is 1. The molecule has 1 unspecified atom stereocenters. The highest BCUT2D eigenvalue weighted by molar-refractivity contribution is 7.17. The quantitative estimate of drug-likeness (QED) is 0.159. The number of unbranched alkanes of at least 4 members (excludes halogenated alkanes) is 1. The Bertz CT molecular complexity index is 1490. The molecule has 9 nitrogen and oxygen atoms in total. The lowest BCUT2D eigenvalue weighted by molar-refractivity contribution is -0.117. The number of carbonyl (C=O) groups excluding carboxylic acids is 3. The van der Waals surface area contributed by atoms with Gasteiger partial charge in [0.1, 0.15) is 4.88 Å². The molecular weight excluding hydrogens is 544 g/mol. The molecule has 0 aliphatic carbocycles. The number of allylic oxidation sites excluding steroid dienone is 1. The molecule has 0 saturated carbocycles. The van der Waals surface area contributed by atoms with Crippen LogP contribution in [-0.2, 0) is 14.3 Å². The Hall–Kier alpha value is -4.44. The number of aliphatic hydroxyl groups is 1. The van der Waals surface area contributed by atoms with Crippen molar-refractivity contribution in [3.63, 3.8) is 0 Å². The van der Waals surface area contributed by atoms with Gasteiger partial charge in [-0.3, -0.25) is 14.5 Å². The number of thiazole rings is 1. The number of anilines is 1. The standard InChI is InChI=1S/C31H32N2O7S/c1-5-7-17-40-23-16-14-21(18-24(23)39-6-2)26-25(22(34)15-13-20-11-9-8-10-12-20)27(35)29(36)33(26)31-32-19(3)28(41-31)30(37)38-4/h8-16,18,26,35H,5-7,17H2,1-4H3/b15-13+. The maximum Gasteiger partial charge on any atom is 0.350 e. The number of amides is 1. The van der Waals surface area contributed by atoms with Gasteiger partial charge in [0.2, 0.25) is 0 Å². The van der Waals surface area contributed by atoms with E-state index in [0.29, 0.717) is 36.0 Å². The number of ether oxygens (including phenoxy) is 3. The van der Waals surface area contributed by atoms with Crippen LogP contribution < -0.4 is 14.4 Å². The molecule has 0 spiro atoms. The molecule has 10 heteroatoms. The topological polar surface area (TPSA) is 115 Å². The Morgan fingerprint density at radius 3 is 2.54 bits per heavy atom. The predicted molar refractivity (Wildman–Crippen MR) is 157 cm³/mol. The van der Waals surface area contributed by atoms with E-state index < -0.39 is 29.5 Å². The van der Waals surface area contributed by atoms with Crippen LogP contribution >= 0.6 is 11.3 Å². The number of methoxy groups -OCH3 is 1. The van der Waals surface area contributed by atoms with E-state index in [4.69, 9.17) is 14.2 Å². The Morgan fingerprint density at radius 1 is 1.10 bits per heavy atom. The number of hydrogen-bond donors (Lipinski definition) is 1. The van der Waals surface area contributed by atoms with Crippen molar-refractivity contribution < 1.29 is 33.7 Å². The summed E-state index contributed by atoms with van der Waals surface area (Å²) >= 11 is 0.945. The van der Waals surface area contributed by atoms with Crippen LogP contribution in [0.25, 0.3) is 6.08 Å². The van der Waals surface area contributed by atoms with Gasteiger partial charge in [0.05, 0.1) is 37.6 Å². The molecule has 1 aliphatic heterocycles. The fraction of sp³-hybridized carbons (Fsp3) is 0.290. The maximum atomic E-state index is 13.6. The minimum atomic E-state index is -1.05. The van der Waals surface area contributed by atoms with Gasteiger partial charge in [0, 0.05) is 0 Å². The summed E-state index contributed by atoms with van der Waals surface area (Å²) < 4.78 is 16.6. The second-order valence-electron chi connectivity index (χ2n) is 9.19. The number of esters is 1. The monoisotopic (exact) mass is 576 g/mol. The molecule has 41 heavy (non-hydrogen) atoms. The summed E-state index contributed by atoms with van der Waals surface area (Å²) in [6.45, 7) is 6.40. The maximum absolute atomic E-state index is 13.6. The highest BCUT2D eigenvalue weighted by atomic mass is 32.1. The molecular formula is C31H32N2O7S. The summed E-state index contributed by atoms with van der Waals surface area (Å²) in [5, 5.41) is 11.2. The highest BCUT2D eigenvalue weighted by Gasteiger charge is 2.45. The van der Waals surface area contributed by atoms with Gasteiger partial charge in [-0.25, -0.2) is 9.78 Å². The van der Waals surface area contributed by atoms with Gasteiger partial charge in [-0.2, -0.15) is 0 Å². The first-order chi connectivity index (χ1) is 19.8. The Balaban J connectivity index is 1.82. The molecule has 1 amide bonds. The minimum absolute atomic E-state index is 0.114. The lowest BCUT2D eigenvalue weighted by atomic mass is 9.95. The number of rotatable bonds is 12. The third-order valence-corrected chi connectivity index (χ3v) is 7.54. The number of aryl methyl sites for hydroxylation is 1. The smallest absolute Gasteiger partial charge is 0.350 e. The largest absolute Gasteiger partial charge is 0.503 e. The molecule has 0 radical (unpaired) electrons. The normalized spacial score (nSPS) is 15.1. The molecule has 1 aromatic heterocycles. The number of carbonyl (C=O) groups is 3. The van der Waals surface area contributed by atoms with Crippen molar-refractivity contribution in [2.24, 2.45) is 0 Å². The first-order valence-corrected chi connectivity index (χ1v) is 14.1. The van der Waals surface area contributed by atoms with Gasteiger partial charge in [-0.15, -0.1) is 0 Å². The third kappa shape index (κ3) is 6.33. The Kier molecular flexibility index (Phi) is 9.57. The van der Waals surface area contributed by atoms with Gasteiger partial charge in [-0.05, 0) is 49.6 Å². The van der Waals surface area contributed by atoms with E-state index in [1.165, 1.54) is 18.1 Å². The van der Waals surface area contributed by atoms with Gasteiger partial charge < -0.3 is 19.3 Å². The second kappa shape index (κ2) is 13.3. The van der Waals surface area contributed by atoms with Crippen molar-refractivity contribution in [3.8, 4) is 11.5 Å². The zero-order valence-corrected chi connectivity index (χ0v) is 24.2. The minimum Gasteiger partial charge on any atom is -0.503 e.